The molecule has 0 aliphatic carbocycles. The third-order valence-corrected chi connectivity index (χ3v) is 4.49. The topological polar surface area (TPSA) is 33.2 Å². The standard InChI is InChI=1S/C18H23FN2OS/c1-3-4-5-10-21(12-15-6-8-16(19)9-7-15)18(22)11-17-13-23-14(2)20-17/h6-9,13H,3-5,10-12H2,1-2H3. The van der Waals surface area contributed by atoms with Gasteiger partial charge in [0, 0.05) is 18.5 Å². The molecule has 0 fully saturated rings. The fourth-order valence-electron chi connectivity index (χ4n) is 2.41. The molecule has 1 heterocycles. The predicted molar refractivity (Wildman–Crippen MR) is 91.9 cm³/mol. The molecule has 0 aliphatic rings. The zero-order valence-electron chi connectivity index (χ0n) is 13.7. The number of hydrogen-bond acceptors (Lipinski definition) is 3. The molecule has 0 saturated carbocycles. The van der Waals surface area contributed by atoms with Crippen LogP contribution in [0.1, 0.15) is 42.5 Å². The summed E-state index contributed by atoms with van der Waals surface area (Å²) in [7, 11) is 0. The average molecular weight is 334 g/mol. The molecule has 0 saturated heterocycles. The van der Waals surface area contributed by atoms with Gasteiger partial charge in [-0.25, -0.2) is 9.37 Å². The number of rotatable bonds is 8. The van der Waals surface area contributed by atoms with Gasteiger partial charge in [-0.05, 0) is 31.0 Å². The van der Waals surface area contributed by atoms with Crippen LogP contribution in [0.5, 0.6) is 0 Å². The molecule has 23 heavy (non-hydrogen) atoms. The van der Waals surface area contributed by atoms with E-state index >= 15 is 0 Å². The molecule has 3 nitrogen and oxygen atoms in total. The summed E-state index contributed by atoms with van der Waals surface area (Å²) in [5, 5.41) is 2.92. The summed E-state index contributed by atoms with van der Waals surface area (Å²) >= 11 is 1.56. The highest BCUT2D eigenvalue weighted by molar-refractivity contribution is 7.09. The molecule has 0 atom stereocenters. The highest BCUT2D eigenvalue weighted by atomic mass is 32.1. The Hall–Kier alpha value is -1.75. The van der Waals surface area contributed by atoms with Crippen molar-refractivity contribution in [2.24, 2.45) is 0 Å². The van der Waals surface area contributed by atoms with E-state index in [1.165, 1.54) is 12.1 Å². The van der Waals surface area contributed by atoms with Crippen molar-refractivity contribution in [1.82, 2.24) is 9.88 Å². The molecule has 0 unspecified atom stereocenters. The first-order chi connectivity index (χ1) is 11.1. The number of carbonyl (C=O) groups is 1. The average Bonchev–Trinajstić information content (AvgIpc) is 2.93. The molecular weight excluding hydrogens is 311 g/mol. The van der Waals surface area contributed by atoms with Crippen molar-refractivity contribution in [3.8, 4) is 0 Å². The van der Waals surface area contributed by atoms with Crippen LogP contribution in [0.2, 0.25) is 0 Å². The number of benzene rings is 1. The van der Waals surface area contributed by atoms with Gasteiger partial charge in [0.25, 0.3) is 0 Å². The van der Waals surface area contributed by atoms with Gasteiger partial charge >= 0.3 is 0 Å². The minimum atomic E-state index is -0.254. The van der Waals surface area contributed by atoms with E-state index < -0.39 is 0 Å². The lowest BCUT2D eigenvalue weighted by molar-refractivity contribution is -0.131. The van der Waals surface area contributed by atoms with Crippen LogP contribution in [0.15, 0.2) is 29.6 Å². The van der Waals surface area contributed by atoms with E-state index in [-0.39, 0.29) is 11.7 Å². The number of aromatic nitrogens is 1. The summed E-state index contributed by atoms with van der Waals surface area (Å²) in [4.78, 5) is 18.8. The molecule has 0 radical (unpaired) electrons. The minimum absolute atomic E-state index is 0.0794. The van der Waals surface area contributed by atoms with Crippen LogP contribution >= 0.6 is 11.3 Å². The Labute approximate surface area is 141 Å². The summed E-state index contributed by atoms with van der Waals surface area (Å²) in [6.07, 6.45) is 3.53. The Kier molecular flexibility index (Phi) is 6.71. The molecule has 1 aromatic heterocycles. The quantitative estimate of drug-likeness (QED) is 0.672. The normalized spacial score (nSPS) is 10.7. The van der Waals surface area contributed by atoms with E-state index in [0.717, 1.165) is 42.1 Å². The van der Waals surface area contributed by atoms with Gasteiger partial charge in [-0.15, -0.1) is 11.3 Å². The number of nitrogens with zero attached hydrogens (tertiary/aromatic N) is 2. The molecule has 1 aromatic carbocycles. The van der Waals surface area contributed by atoms with Crippen LogP contribution in [-0.4, -0.2) is 22.3 Å². The zero-order valence-corrected chi connectivity index (χ0v) is 14.5. The second-order valence-corrected chi connectivity index (χ2v) is 6.75. The summed E-state index contributed by atoms with van der Waals surface area (Å²) < 4.78 is 13.0. The number of unbranched alkanes of at least 4 members (excludes halogenated alkanes) is 2. The van der Waals surface area contributed by atoms with Crippen molar-refractivity contribution in [2.45, 2.75) is 46.1 Å². The van der Waals surface area contributed by atoms with Crippen molar-refractivity contribution >= 4 is 17.2 Å². The number of halogens is 1. The highest BCUT2D eigenvalue weighted by Crippen LogP contribution is 2.13. The first-order valence-corrected chi connectivity index (χ1v) is 8.89. The number of amides is 1. The Balaban J connectivity index is 2.02. The van der Waals surface area contributed by atoms with E-state index in [2.05, 4.69) is 11.9 Å². The minimum Gasteiger partial charge on any atom is -0.338 e. The predicted octanol–water partition coefficient (Wildman–Crippen LogP) is 4.35. The van der Waals surface area contributed by atoms with Crippen molar-refractivity contribution in [1.29, 1.82) is 0 Å². The molecular formula is C18H23FN2OS. The van der Waals surface area contributed by atoms with Crippen LogP contribution in [0, 0.1) is 12.7 Å². The Morgan fingerprint density at radius 2 is 2.00 bits per heavy atom. The monoisotopic (exact) mass is 334 g/mol. The molecule has 2 aromatic rings. The van der Waals surface area contributed by atoms with E-state index in [1.807, 2.05) is 17.2 Å². The maximum atomic E-state index is 13.0. The van der Waals surface area contributed by atoms with Crippen LogP contribution in [0.25, 0.3) is 0 Å². The van der Waals surface area contributed by atoms with Gasteiger partial charge in [-0.1, -0.05) is 31.9 Å². The summed E-state index contributed by atoms with van der Waals surface area (Å²) in [6, 6.07) is 6.35. The highest BCUT2D eigenvalue weighted by Gasteiger charge is 2.15. The first-order valence-electron chi connectivity index (χ1n) is 8.01. The second-order valence-electron chi connectivity index (χ2n) is 5.68. The Morgan fingerprint density at radius 1 is 1.26 bits per heavy atom. The molecule has 0 spiro atoms. The zero-order chi connectivity index (χ0) is 16.7. The molecule has 2 rings (SSSR count). The number of hydrogen-bond donors (Lipinski definition) is 0. The van der Waals surface area contributed by atoms with Crippen LogP contribution in [0.4, 0.5) is 4.39 Å². The van der Waals surface area contributed by atoms with E-state index in [1.54, 1.807) is 23.5 Å². The maximum Gasteiger partial charge on any atom is 0.228 e. The smallest absolute Gasteiger partial charge is 0.228 e. The van der Waals surface area contributed by atoms with Crippen molar-refractivity contribution in [3.05, 3.63) is 51.7 Å². The van der Waals surface area contributed by atoms with Crippen LogP contribution in [-0.2, 0) is 17.8 Å². The number of thiazole rings is 1. The van der Waals surface area contributed by atoms with E-state index in [4.69, 9.17) is 0 Å². The molecule has 1 amide bonds. The maximum absolute atomic E-state index is 13.0. The van der Waals surface area contributed by atoms with Crippen LogP contribution < -0.4 is 0 Å². The number of aryl methyl sites for hydroxylation is 1. The number of carbonyl (C=O) groups excluding carboxylic acids is 1. The first kappa shape index (κ1) is 17.6. The molecule has 0 bridgehead atoms. The van der Waals surface area contributed by atoms with E-state index in [9.17, 15) is 9.18 Å². The van der Waals surface area contributed by atoms with E-state index in [0.29, 0.717) is 13.0 Å². The van der Waals surface area contributed by atoms with Crippen molar-refractivity contribution in [2.75, 3.05) is 6.54 Å². The fraction of sp³-hybridized carbons (Fsp3) is 0.444. The lowest BCUT2D eigenvalue weighted by Crippen LogP contribution is -2.33. The summed E-state index contributed by atoms with van der Waals surface area (Å²) in [5.41, 5.74) is 1.78. The summed E-state index contributed by atoms with van der Waals surface area (Å²) in [5.74, 6) is -0.175. The molecule has 0 aliphatic heterocycles. The fourth-order valence-corrected chi connectivity index (χ4v) is 3.02. The molecule has 0 N–H and O–H groups in total. The van der Waals surface area contributed by atoms with Gasteiger partial charge in [0.15, 0.2) is 0 Å². The van der Waals surface area contributed by atoms with Gasteiger partial charge < -0.3 is 4.90 Å². The van der Waals surface area contributed by atoms with Gasteiger partial charge in [-0.3, -0.25) is 4.79 Å². The SMILES string of the molecule is CCCCCN(Cc1ccc(F)cc1)C(=O)Cc1csc(C)n1. The largest absolute Gasteiger partial charge is 0.338 e. The van der Waals surface area contributed by atoms with Gasteiger partial charge in [0.05, 0.1) is 17.1 Å². The Morgan fingerprint density at radius 3 is 2.61 bits per heavy atom. The van der Waals surface area contributed by atoms with Gasteiger partial charge in [0.1, 0.15) is 5.82 Å². The third kappa shape index (κ3) is 5.75. The molecule has 124 valence electrons. The Bertz CT molecular complexity index is 624. The van der Waals surface area contributed by atoms with Gasteiger partial charge in [-0.2, -0.15) is 0 Å². The molecule has 5 heteroatoms. The lowest BCUT2D eigenvalue weighted by Gasteiger charge is -2.22. The second kappa shape index (κ2) is 8.77. The lowest BCUT2D eigenvalue weighted by atomic mass is 10.1. The van der Waals surface area contributed by atoms with Crippen LogP contribution in [0.3, 0.4) is 0 Å². The van der Waals surface area contributed by atoms with Crippen molar-refractivity contribution in [3.63, 3.8) is 0 Å². The third-order valence-electron chi connectivity index (χ3n) is 3.67. The van der Waals surface area contributed by atoms with Crippen molar-refractivity contribution < 1.29 is 9.18 Å². The summed E-state index contributed by atoms with van der Waals surface area (Å²) in [6.45, 7) is 5.33. The van der Waals surface area contributed by atoms with Gasteiger partial charge in [0.2, 0.25) is 5.91 Å².